The summed E-state index contributed by atoms with van der Waals surface area (Å²) in [5.41, 5.74) is 4.98. The van der Waals surface area contributed by atoms with E-state index in [0.717, 1.165) is 31.6 Å². The molecule has 0 bridgehead atoms. The van der Waals surface area contributed by atoms with Crippen LogP contribution in [0.25, 0.3) is 0 Å². The van der Waals surface area contributed by atoms with Gasteiger partial charge in [0.25, 0.3) is 0 Å². The third-order valence-corrected chi connectivity index (χ3v) is 3.95. The van der Waals surface area contributed by atoms with Crippen molar-refractivity contribution in [3.63, 3.8) is 0 Å². The highest BCUT2D eigenvalue weighted by Gasteiger charge is 2.36. The second-order valence-electron chi connectivity index (χ2n) is 5.44. The molecule has 1 aliphatic rings. The molecule has 0 radical (unpaired) electrons. The van der Waals surface area contributed by atoms with Gasteiger partial charge in [0.15, 0.2) is 0 Å². The molecule has 5 nitrogen and oxygen atoms in total. The van der Waals surface area contributed by atoms with Crippen LogP contribution in [0.15, 0.2) is 6.07 Å². The highest BCUT2D eigenvalue weighted by molar-refractivity contribution is 5.11. The summed E-state index contributed by atoms with van der Waals surface area (Å²) in [7, 11) is 1.97. The molecule has 1 aromatic rings. The lowest BCUT2D eigenvalue weighted by Crippen LogP contribution is -2.55. The Bertz CT molecular complexity index is 396. The van der Waals surface area contributed by atoms with Crippen LogP contribution in [0.1, 0.15) is 37.6 Å². The van der Waals surface area contributed by atoms with Crippen molar-refractivity contribution in [3.8, 4) is 0 Å². The van der Waals surface area contributed by atoms with Gasteiger partial charge in [-0.1, -0.05) is 0 Å². The van der Waals surface area contributed by atoms with E-state index in [0.29, 0.717) is 0 Å². The van der Waals surface area contributed by atoms with Gasteiger partial charge >= 0.3 is 0 Å². The summed E-state index contributed by atoms with van der Waals surface area (Å²) in [6.07, 6.45) is 4.25. The van der Waals surface area contributed by atoms with Gasteiger partial charge in [0.05, 0.1) is 17.3 Å². The number of aryl methyl sites for hydroxylation is 2. The second kappa shape index (κ2) is 5.38. The van der Waals surface area contributed by atoms with Gasteiger partial charge in [-0.05, 0) is 39.2 Å². The minimum absolute atomic E-state index is 0.118. The lowest BCUT2D eigenvalue weighted by atomic mass is 9.86. The summed E-state index contributed by atoms with van der Waals surface area (Å²) >= 11 is 0. The average Bonchev–Trinajstić information content (AvgIpc) is 2.65. The molecule has 102 valence electrons. The number of nitrogens with one attached hydrogen (secondary N) is 1. The molecule has 2 heterocycles. The van der Waals surface area contributed by atoms with Gasteiger partial charge in [-0.15, -0.1) is 0 Å². The topological polar surface area (TPSA) is 65.1 Å². The maximum Gasteiger partial charge on any atom is 0.0824 e. The summed E-state index contributed by atoms with van der Waals surface area (Å²) in [6, 6.07) is 2.23. The molecular weight excluding hydrogens is 228 g/mol. The van der Waals surface area contributed by atoms with Crippen LogP contribution in [0.4, 0.5) is 0 Å². The molecule has 1 fully saturated rings. The SMILES string of the molecule is Cc1cc(CC(NN)C2(C)CCCCO2)n(C)n1. The van der Waals surface area contributed by atoms with Crippen LogP contribution in [0.2, 0.25) is 0 Å². The number of rotatable bonds is 4. The molecule has 1 aromatic heterocycles. The second-order valence-corrected chi connectivity index (χ2v) is 5.44. The Morgan fingerprint density at radius 3 is 2.89 bits per heavy atom. The lowest BCUT2D eigenvalue weighted by molar-refractivity contribution is -0.0887. The first-order chi connectivity index (χ1) is 8.55. The van der Waals surface area contributed by atoms with Gasteiger partial charge in [-0.3, -0.25) is 16.0 Å². The van der Waals surface area contributed by atoms with E-state index in [1.807, 2.05) is 18.7 Å². The van der Waals surface area contributed by atoms with E-state index >= 15 is 0 Å². The zero-order valence-electron chi connectivity index (χ0n) is 11.6. The van der Waals surface area contributed by atoms with E-state index in [1.165, 1.54) is 12.1 Å². The zero-order chi connectivity index (χ0) is 13.2. The molecule has 0 spiro atoms. The van der Waals surface area contributed by atoms with Crippen molar-refractivity contribution in [3.05, 3.63) is 17.5 Å². The van der Waals surface area contributed by atoms with Crippen molar-refractivity contribution in [2.75, 3.05) is 6.61 Å². The third kappa shape index (κ3) is 2.74. The smallest absolute Gasteiger partial charge is 0.0824 e. The van der Waals surface area contributed by atoms with Crippen molar-refractivity contribution in [2.45, 2.75) is 51.2 Å². The quantitative estimate of drug-likeness (QED) is 0.621. The van der Waals surface area contributed by atoms with Crippen molar-refractivity contribution in [2.24, 2.45) is 12.9 Å². The standard InChI is InChI=1S/C13H24N4O/c1-10-8-11(17(3)16-10)9-12(15-14)13(2)6-4-5-7-18-13/h8,12,15H,4-7,9,14H2,1-3H3. The van der Waals surface area contributed by atoms with E-state index in [2.05, 4.69) is 23.5 Å². The molecular formula is C13H24N4O. The highest BCUT2D eigenvalue weighted by Crippen LogP contribution is 2.29. The number of nitrogens with two attached hydrogens (primary N) is 1. The van der Waals surface area contributed by atoms with Gasteiger partial charge in [0, 0.05) is 25.8 Å². The number of hydrogen-bond acceptors (Lipinski definition) is 4. The molecule has 1 aliphatic heterocycles. The minimum atomic E-state index is -0.175. The first kappa shape index (κ1) is 13.5. The van der Waals surface area contributed by atoms with Gasteiger partial charge < -0.3 is 4.74 Å². The summed E-state index contributed by atoms with van der Waals surface area (Å²) in [5, 5.41) is 4.37. The van der Waals surface area contributed by atoms with Crippen LogP contribution in [-0.4, -0.2) is 28.0 Å². The summed E-state index contributed by atoms with van der Waals surface area (Å²) in [5.74, 6) is 5.73. The molecule has 0 amide bonds. The molecule has 0 saturated carbocycles. The van der Waals surface area contributed by atoms with Crippen molar-refractivity contribution >= 4 is 0 Å². The Kier molecular flexibility index (Phi) is 4.04. The Morgan fingerprint density at radius 2 is 2.39 bits per heavy atom. The molecule has 3 N–H and O–H groups in total. The number of ether oxygens (including phenoxy) is 1. The lowest BCUT2D eigenvalue weighted by Gasteiger charge is -2.40. The Labute approximate surface area is 109 Å². The van der Waals surface area contributed by atoms with Gasteiger partial charge in [-0.25, -0.2) is 0 Å². The van der Waals surface area contributed by atoms with Crippen LogP contribution >= 0.6 is 0 Å². The zero-order valence-corrected chi connectivity index (χ0v) is 11.6. The van der Waals surface area contributed by atoms with Crippen LogP contribution in [0.3, 0.4) is 0 Å². The van der Waals surface area contributed by atoms with E-state index < -0.39 is 0 Å². The van der Waals surface area contributed by atoms with Gasteiger partial charge in [0.1, 0.15) is 0 Å². The maximum atomic E-state index is 5.97. The van der Waals surface area contributed by atoms with Gasteiger partial charge in [-0.2, -0.15) is 5.10 Å². The van der Waals surface area contributed by atoms with Gasteiger partial charge in [0.2, 0.25) is 0 Å². The molecule has 5 heteroatoms. The molecule has 0 aliphatic carbocycles. The van der Waals surface area contributed by atoms with Crippen LogP contribution in [-0.2, 0) is 18.2 Å². The molecule has 2 rings (SSSR count). The normalized spacial score (nSPS) is 26.2. The number of aromatic nitrogens is 2. The third-order valence-electron chi connectivity index (χ3n) is 3.95. The monoisotopic (exact) mass is 252 g/mol. The van der Waals surface area contributed by atoms with Crippen LogP contribution in [0, 0.1) is 6.92 Å². The van der Waals surface area contributed by atoms with E-state index in [-0.39, 0.29) is 11.6 Å². The van der Waals surface area contributed by atoms with Crippen molar-refractivity contribution in [1.29, 1.82) is 0 Å². The fraction of sp³-hybridized carbons (Fsp3) is 0.769. The largest absolute Gasteiger partial charge is 0.374 e. The predicted molar refractivity (Wildman–Crippen MR) is 71.0 cm³/mol. The predicted octanol–water partition coefficient (Wildman–Crippen LogP) is 1.06. The number of hydrogen-bond donors (Lipinski definition) is 2. The molecule has 2 unspecified atom stereocenters. The van der Waals surface area contributed by atoms with E-state index in [1.54, 1.807) is 0 Å². The molecule has 2 atom stereocenters. The summed E-state index contributed by atoms with van der Waals surface area (Å²) < 4.78 is 7.89. The first-order valence-electron chi connectivity index (χ1n) is 6.65. The number of hydrazine groups is 1. The summed E-state index contributed by atoms with van der Waals surface area (Å²) in [4.78, 5) is 0. The van der Waals surface area contributed by atoms with E-state index in [9.17, 15) is 0 Å². The fourth-order valence-corrected chi connectivity index (χ4v) is 2.75. The Hall–Kier alpha value is -0.910. The van der Waals surface area contributed by atoms with Crippen LogP contribution < -0.4 is 11.3 Å². The van der Waals surface area contributed by atoms with Crippen LogP contribution in [0.5, 0.6) is 0 Å². The maximum absolute atomic E-state index is 5.97. The van der Waals surface area contributed by atoms with Crippen molar-refractivity contribution < 1.29 is 4.74 Å². The van der Waals surface area contributed by atoms with E-state index in [4.69, 9.17) is 10.6 Å². The molecule has 1 saturated heterocycles. The Morgan fingerprint density at radius 1 is 1.61 bits per heavy atom. The fourth-order valence-electron chi connectivity index (χ4n) is 2.75. The Balaban J connectivity index is 2.11. The summed E-state index contributed by atoms with van der Waals surface area (Å²) in [6.45, 7) is 4.99. The van der Waals surface area contributed by atoms with Crippen molar-refractivity contribution in [1.82, 2.24) is 15.2 Å². The minimum Gasteiger partial charge on any atom is -0.374 e. The highest BCUT2D eigenvalue weighted by atomic mass is 16.5. The molecule has 18 heavy (non-hydrogen) atoms. The first-order valence-corrected chi connectivity index (χ1v) is 6.65. The molecule has 0 aromatic carbocycles. The number of nitrogens with zero attached hydrogens (tertiary/aromatic N) is 2. The average molecular weight is 252 g/mol.